The van der Waals surface area contributed by atoms with Gasteiger partial charge in [-0.2, -0.15) is 13.5 Å². The third kappa shape index (κ3) is 15.3. The van der Waals surface area contributed by atoms with Crippen LogP contribution in [0.4, 0.5) is 28.4 Å². The van der Waals surface area contributed by atoms with Gasteiger partial charge in [0.2, 0.25) is 21.9 Å². The third-order valence-electron chi connectivity index (χ3n) is 16.2. The number of amides is 4. The molecule has 0 saturated heterocycles. The SMILES string of the molecule is CCC(Oc1ccc(C(C)(C)CC)cc1C(C)(C)CC)C(=O)Nc1ccc(Cl)c(NC(=O)C(Oc2cccc(Cc3cc(N=Nc4ccc(S(=O)(=O)O)cc4)c4c(NS(C)(=O)=O)cccc4c3OCN3C(=O)c4ccccc4C3=O)c2)C(=O)c2ccc(OC)cc2)c1. The first-order chi connectivity index (χ1) is 43.6. The van der Waals surface area contributed by atoms with Crippen LogP contribution < -0.4 is 34.3 Å². The van der Waals surface area contributed by atoms with Gasteiger partial charge < -0.3 is 29.6 Å². The van der Waals surface area contributed by atoms with Crippen molar-refractivity contribution in [2.24, 2.45) is 10.2 Å². The minimum absolute atomic E-state index is 0.0393. The highest BCUT2D eigenvalue weighted by Crippen LogP contribution is 2.44. The van der Waals surface area contributed by atoms with Crippen LogP contribution in [0.25, 0.3) is 10.8 Å². The number of carbonyl (C=O) groups excluding carboxylic acids is 5. The summed E-state index contributed by atoms with van der Waals surface area (Å²) in [6.07, 6.45) is 0.179. The predicted molar refractivity (Wildman–Crippen MR) is 353 cm³/mol. The molecule has 8 aromatic rings. The van der Waals surface area contributed by atoms with Gasteiger partial charge in [-0.25, -0.2) is 13.3 Å². The summed E-state index contributed by atoms with van der Waals surface area (Å²) in [7, 11) is -7.04. The molecule has 1 heterocycles. The molecule has 20 nitrogen and oxygen atoms in total. The highest BCUT2D eigenvalue weighted by Gasteiger charge is 2.37. The summed E-state index contributed by atoms with van der Waals surface area (Å²) in [6.45, 7) is 14.2. The number of azo groups is 1. The molecular weight excluding hydrogens is 1240 g/mol. The molecule has 4 amide bonds. The fraction of sp³-hybridized carbons (Fsp3) is 0.261. The summed E-state index contributed by atoms with van der Waals surface area (Å²) in [5.41, 5.74) is 3.63. The van der Waals surface area contributed by atoms with E-state index < -0.39 is 73.4 Å². The van der Waals surface area contributed by atoms with Crippen molar-refractivity contribution >= 4 is 100 Å². The highest BCUT2D eigenvalue weighted by molar-refractivity contribution is 7.92. The molecule has 0 aliphatic carbocycles. The number of hydrogen-bond donors (Lipinski definition) is 4. The Morgan fingerprint density at radius 3 is 1.99 bits per heavy atom. The molecule has 0 aromatic heterocycles. The van der Waals surface area contributed by atoms with Crippen molar-refractivity contribution in [3.05, 3.63) is 202 Å². The number of carbonyl (C=O) groups is 5. The van der Waals surface area contributed by atoms with Gasteiger partial charge in [0.1, 0.15) is 23.0 Å². The zero-order valence-corrected chi connectivity index (χ0v) is 54.4. The van der Waals surface area contributed by atoms with Crippen molar-refractivity contribution in [1.29, 1.82) is 0 Å². The quantitative estimate of drug-likeness (QED) is 0.0129. The first-order valence-corrected chi connectivity index (χ1v) is 33.1. The average molecular weight is 1310 g/mol. The van der Waals surface area contributed by atoms with Gasteiger partial charge in [0, 0.05) is 39.6 Å². The molecule has 2 atom stereocenters. The van der Waals surface area contributed by atoms with E-state index in [1.807, 2.05) is 19.1 Å². The van der Waals surface area contributed by atoms with E-state index in [2.05, 4.69) is 73.2 Å². The van der Waals surface area contributed by atoms with Crippen molar-refractivity contribution < 1.29 is 64.3 Å². The molecule has 0 saturated carbocycles. The van der Waals surface area contributed by atoms with E-state index in [-0.39, 0.29) is 89.7 Å². The summed E-state index contributed by atoms with van der Waals surface area (Å²) in [6, 6.07) is 40.5. The first-order valence-electron chi connectivity index (χ1n) is 29.4. The number of methoxy groups -OCH3 is 1. The van der Waals surface area contributed by atoms with Gasteiger partial charge in [-0.3, -0.25) is 33.2 Å². The van der Waals surface area contributed by atoms with Gasteiger partial charge in [0.05, 0.1) is 57.2 Å². The molecule has 1 aliphatic rings. The number of imide groups is 1. The number of ether oxygens (including phenoxy) is 4. The lowest BCUT2D eigenvalue weighted by atomic mass is 9.76. The van der Waals surface area contributed by atoms with Crippen molar-refractivity contribution in [2.45, 2.75) is 102 Å². The molecular formula is C69H69ClN6O14S2. The maximum Gasteiger partial charge on any atom is 0.294 e. The normalized spacial score (nSPS) is 13.4. The van der Waals surface area contributed by atoms with Crippen LogP contribution in [-0.4, -0.2) is 88.0 Å². The van der Waals surface area contributed by atoms with E-state index in [9.17, 15) is 45.4 Å². The Labute approximate surface area is 539 Å². The number of nitrogens with one attached hydrogen (secondary N) is 3. The lowest BCUT2D eigenvalue weighted by Gasteiger charge is -2.31. The number of hydrogen-bond acceptors (Lipinski definition) is 15. The largest absolute Gasteiger partial charge is 0.497 e. The fourth-order valence-corrected chi connectivity index (χ4v) is 11.4. The molecule has 92 heavy (non-hydrogen) atoms. The van der Waals surface area contributed by atoms with Crippen LogP contribution in [0.1, 0.15) is 121 Å². The zero-order chi connectivity index (χ0) is 66.5. The van der Waals surface area contributed by atoms with Crippen LogP contribution >= 0.6 is 11.6 Å². The number of ketones is 1. The van der Waals surface area contributed by atoms with Crippen molar-refractivity contribution in [1.82, 2.24) is 4.90 Å². The number of halogens is 1. The molecule has 478 valence electrons. The van der Waals surface area contributed by atoms with E-state index in [1.165, 1.54) is 73.3 Å². The van der Waals surface area contributed by atoms with E-state index in [0.29, 0.717) is 29.0 Å². The van der Waals surface area contributed by atoms with Gasteiger partial charge in [-0.15, -0.1) is 5.11 Å². The molecule has 8 aromatic carbocycles. The van der Waals surface area contributed by atoms with E-state index >= 15 is 0 Å². The summed E-state index contributed by atoms with van der Waals surface area (Å²) in [5.74, 6) is -2.19. The molecule has 0 spiro atoms. The summed E-state index contributed by atoms with van der Waals surface area (Å²) >= 11 is 6.75. The van der Waals surface area contributed by atoms with Crippen molar-refractivity contribution in [2.75, 3.05) is 35.5 Å². The van der Waals surface area contributed by atoms with Crippen LogP contribution in [0.2, 0.25) is 5.02 Å². The Morgan fingerprint density at radius 1 is 0.685 bits per heavy atom. The van der Waals surface area contributed by atoms with Crippen molar-refractivity contribution in [3.63, 3.8) is 0 Å². The Hall–Kier alpha value is -9.48. The molecule has 4 N–H and O–H groups in total. The molecule has 9 rings (SSSR count). The number of Topliss-reactive ketones (excluding diaryl/α,β-unsaturated/α-hetero) is 1. The third-order valence-corrected chi connectivity index (χ3v) is 18.0. The zero-order valence-electron chi connectivity index (χ0n) is 52.0. The van der Waals surface area contributed by atoms with Crippen LogP contribution in [0, 0.1) is 0 Å². The number of rotatable bonds is 26. The topological polar surface area (TPSA) is 275 Å². The standard InChI is InChI=1S/C69H69ClN6O14S2/c1-10-58(90-59-34-25-44(68(4,5)11-2)38-53(59)69(6,7)12-3)64(78)71-46-28-33-54(70)56(39-46)72-65(79)63(61(77)42-23-29-47(87-8)30-24-42)89-48-18-15-17-41(36-48)35-43-37-57(74-73-45-26-31-49(32-27-45)92(84,85)86)60-52(21-16-22-55(60)75-91(9,82)83)62(43)88-40-76-66(80)50-19-13-14-20-51(50)67(76)81/h13-34,36-39,58,63,75H,10-12,35,40H2,1-9H3,(H,71,78)(H,72,79)(H,84,85,86). The van der Waals surface area contributed by atoms with Gasteiger partial charge in [0.15, 0.2) is 12.8 Å². The Morgan fingerprint density at radius 2 is 1.36 bits per heavy atom. The Balaban J connectivity index is 1.05. The Bertz CT molecular complexity index is 4410. The number of nitrogens with zero attached hydrogens (tertiary/aromatic N) is 3. The van der Waals surface area contributed by atoms with Gasteiger partial charge in [-0.1, -0.05) is 109 Å². The van der Waals surface area contributed by atoms with E-state index in [4.69, 9.17) is 30.5 Å². The van der Waals surface area contributed by atoms with Crippen LogP contribution in [-0.2, 0) is 47.0 Å². The summed E-state index contributed by atoms with van der Waals surface area (Å²) < 4.78 is 86.3. The highest BCUT2D eigenvalue weighted by atomic mass is 35.5. The van der Waals surface area contributed by atoms with E-state index in [1.54, 1.807) is 66.7 Å². The fourth-order valence-electron chi connectivity index (χ4n) is 10.2. The van der Waals surface area contributed by atoms with E-state index in [0.717, 1.165) is 41.7 Å². The first kappa shape index (κ1) is 66.9. The smallest absolute Gasteiger partial charge is 0.294 e. The minimum Gasteiger partial charge on any atom is -0.497 e. The molecule has 2 unspecified atom stereocenters. The van der Waals surface area contributed by atoms with Gasteiger partial charge >= 0.3 is 0 Å². The molecule has 0 bridgehead atoms. The van der Waals surface area contributed by atoms with Crippen LogP contribution in [0.3, 0.4) is 0 Å². The van der Waals surface area contributed by atoms with Gasteiger partial charge in [-0.05, 0) is 150 Å². The second-order valence-electron chi connectivity index (χ2n) is 23.3. The average Bonchev–Trinajstić information content (AvgIpc) is 1.01. The second-order valence-corrected chi connectivity index (χ2v) is 26.9. The minimum atomic E-state index is -4.55. The molecule has 23 heteroatoms. The lowest BCUT2D eigenvalue weighted by molar-refractivity contribution is -0.123. The van der Waals surface area contributed by atoms with Gasteiger partial charge in [0.25, 0.3) is 33.7 Å². The number of sulfonamides is 1. The molecule has 0 radical (unpaired) electrons. The molecule has 1 aliphatic heterocycles. The van der Waals surface area contributed by atoms with Crippen LogP contribution in [0.5, 0.6) is 23.0 Å². The van der Waals surface area contributed by atoms with Crippen molar-refractivity contribution in [3.8, 4) is 23.0 Å². The molecule has 0 fully saturated rings. The summed E-state index contributed by atoms with van der Waals surface area (Å²) in [4.78, 5) is 71.4. The lowest BCUT2D eigenvalue weighted by Crippen LogP contribution is -2.40. The maximum absolute atomic E-state index is 14.7. The summed E-state index contributed by atoms with van der Waals surface area (Å²) in [5, 5.41) is 15.0. The Kier molecular flexibility index (Phi) is 20.0. The second kappa shape index (κ2) is 27.5. The maximum atomic E-state index is 14.7. The number of anilines is 3. The predicted octanol–water partition coefficient (Wildman–Crippen LogP) is 14.2. The van der Waals surface area contributed by atoms with Crippen LogP contribution in [0.15, 0.2) is 173 Å². The number of benzene rings is 8. The number of fused-ring (bicyclic) bond motifs is 2. The monoisotopic (exact) mass is 1300 g/mol.